The molecule has 0 unspecified atom stereocenters. The minimum Gasteiger partial charge on any atom is -0.497 e. The molecule has 34 heavy (non-hydrogen) atoms. The zero-order chi connectivity index (χ0) is 23.5. The van der Waals surface area contributed by atoms with E-state index in [9.17, 15) is 9.59 Å². The van der Waals surface area contributed by atoms with Crippen LogP contribution < -0.4 is 9.64 Å². The van der Waals surface area contributed by atoms with E-state index in [0.29, 0.717) is 30.2 Å². The molecule has 0 spiro atoms. The number of aromatic nitrogens is 1. The van der Waals surface area contributed by atoms with Gasteiger partial charge in [0.2, 0.25) is 5.91 Å². The van der Waals surface area contributed by atoms with Crippen LogP contribution in [0.1, 0.15) is 34.3 Å². The van der Waals surface area contributed by atoms with Gasteiger partial charge >= 0.3 is 0 Å². The van der Waals surface area contributed by atoms with Crippen molar-refractivity contribution in [3.8, 4) is 5.75 Å². The average molecular weight is 472 g/mol. The molecule has 1 aromatic heterocycles. The Labute approximate surface area is 202 Å². The van der Waals surface area contributed by atoms with Gasteiger partial charge in [-0.3, -0.25) is 14.5 Å². The smallest absolute Gasteiger partial charge is 0.260 e. The Morgan fingerprint density at radius 3 is 2.65 bits per heavy atom. The van der Waals surface area contributed by atoms with E-state index in [1.54, 1.807) is 12.0 Å². The van der Waals surface area contributed by atoms with Crippen LogP contribution in [0.25, 0.3) is 10.2 Å². The second-order valence-corrected chi connectivity index (χ2v) is 9.34. The molecule has 6 nitrogen and oxygen atoms in total. The Hall–Kier alpha value is -3.71. The van der Waals surface area contributed by atoms with Crippen molar-refractivity contribution in [3.05, 3.63) is 89.5 Å². The molecule has 0 saturated carbocycles. The summed E-state index contributed by atoms with van der Waals surface area (Å²) in [6, 6.07) is 23.2. The average Bonchev–Trinajstić information content (AvgIpc) is 3.48. The van der Waals surface area contributed by atoms with Crippen molar-refractivity contribution in [2.24, 2.45) is 0 Å². The molecule has 1 aliphatic rings. The highest BCUT2D eigenvalue weighted by Crippen LogP contribution is 2.33. The minimum absolute atomic E-state index is 0.121. The second-order valence-electron chi connectivity index (χ2n) is 8.33. The molecule has 7 heteroatoms. The number of carbonyl (C=O) groups is 2. The highest BCUT2D eigenvalue weighted by atomic mass is 32.1. The van der Waals surface area contributed by atoms with Gasteiger partial charge in [0, 0.05) is 25.1 Å². The fourth-order valence-electron chi connectivity index (χ4n) is 4.18. The Kier molecular flexibility index (Phi) is 6.27. The van der Waals surface area contributed by atoms with Gasteiger partial charge in [0.25, 0.3) is 5.91 Å². The van der Waals surface area contributed by atoms with Gasteiger partial charge in [-0.05, 0) is 47.9 Å². The first-order chi connectivity index (χ1) is 16.6. The minimum atomic E-state index is -0.121. The number of rotatable bonds is 7. The van der Waals surface area contributed by atoms with Gasteiger partial charge in [-0.25, -0.2) is 4.98 Å². The van der Waals surface area contributed by atoms with Gasteiger partial charge in [-0.1, -0.05) is 53.8 Å². The Morgan fingerprint density at radius 2 is 1.88 bits per heavy atom. The highest BCUT2D eigenvalue weighted by Gasteiger charge is 2.24. The standard InChI is InChI=1S/C27H25N3O3S/c1-33-22-12-13-23-24(16-22)34-27(28-23)30(18-19-7-3-2-4-8-19)26(32)21-10-5-9-20(15-21)17-29-14-6-11-25(29)31/h2-5,7-10,12-13,15-16H,6,11,14,17-18H2,1H3. The fourth-order valence-corrected chi connectivity index (χ4v) is 5.17. The van der Waals surface area contributed by atoms with E-state index in [1.165, 1.54) is 11.3 Å². The molecule has 2 heterocycles. The molecule has 172 valence electrons. The number of hydrogen-bond donors (Lipinski definition) is 0. The monoisotopic (exact) mass is 471 g/mol. The van der Waals surface area contributed by atoms with Crippen molar-refractivity contribution in [1.82, 2.24) is 9.88 Å². The number of amides is 2. The van der Waals surface area contributed by atoms with Crippen LogP contribution in [0.2, 0.25) is 0 Å². The van der Waals surface area contributed by atoms with Gasteiger partial charge in [-0.2, -0.15) is 0 Å². The number of thiazole rings is 1. The lowest BCUT2D eigenvalue weighted by molar-refractivity contribution is -0.128. The molecule has 1 fully saturated rings. The van der Waals surface area contributed by atoms with E-state index in [4.69, 9.17) is 9.72 Å². The van der Waals surface area contributed by atoms with E-state index in [2.05, 4.69) is 0 Å². The summed E-state index contributed by atoms with van der Waals surface area (Å²) >= 11 is 1.47. The number of anilines is 1. The summed E-state index contributed by atoms with van der Waals surface area (Å²) < 4.78 is 6.31. The molecule has 1 saturated heterocycles. The van der Waals surface area contributed by atoms with Gasteiger partial charge in [0.05, 0.1) is 23.9 Å². The van der Waals surface area contributed by atoms with Crippen molar-refractivity contribution >= 4 is 38.5 Å². The number of ether oxygens (including phenoxy) is 1. The first-order valence-corrected chi connectivity index (χ1v) is 12.1. The van der Waals surface area contributed by atoms with Crippen molar-refractivity contribution in [3.63, 3.8) is 0 Å². The number of nitrogens with zero attached hydrogens (tertiary/aromatic N) is 3. The summed E-state index contributed by atoms with van der Waals surface area (Å²) in [5.74, 6) is 0.810. The van der Waals surface area contributed by atoms with Crippen LogP contribution in [0, 0.1) is 0 Å². The van der Waals surface area contributed by atoms with E-state index < -0.39 is 0 Å². The van der Waals surface area contributed by atoms with Crippen molar-refractivity contribution in [2.75, 3.05) is 18.6 Å². The zero-order valence-electron chi connectivity index (χ0n) is 18.9. The molecule has 0 bridgehead atoms. The molecular weight excluding hydrogens is 446 g/mol. The quantitative estimate of drug-likeness (QED) is 0.368. The Bertz CT molecular complexity index is 1340. The molecule has 3 aromatic carbocycles. The Morgan fingerprint density at radius 1 is 1.06 bits per heavy atom. The fraction of sp³-hybridized carbons (Fsp3) is 0.222. The zero-order valence-corrected chi connectivity index (χ0v) is 19.8. The van der Waals surface area contributed by atoms with E-state index in [1.807, 2.05) is 77.7 Å². The SMILES string of the molecule is COc1ccc2nc(N(Cc3ccccc3)C(=O)c3cccc(CN4CCCC4=O)c3)sc2c1. The summed E-state index contributed by atoms with van der Waals surface area (Å²) in [7, 11) is 1.64. The molecule has 0 N–H and O–H groups in total. The summed E-state index contributed by atoms with van der Waals surface area (Å²) in [5.41, 5.74) is 3.38. The summed E-state index contributed by atoms with van der Waals surface area (Å²) in [6.45, 7) is 1.71. The van der Waals surface area contributed by atoms with Gasteiger partial charge in [0.1, 0.15) is 5.75 Å². The predicted octanol–water partition coefficient (Wildman–Crippen LogP) is 5.27. The number of carbonyl (C=O) groups excluding carboxylic acids is 2. The second kappa shape index (κ2) is 9.65. The van der Waals surface area contributed by atoms with Crippen LogP contribution in [-0.4, -0.2) is 35.4 Å². The van der Waals surface area contributed by atoms with Gasteiger partial charge in [0.15, 0.2) is 5.13 Å². The number of fused-ring (bicyclic) bond motifs is 1. The number of methoxy groups -OCH3 is 1. The molecule has 4 aromatic rings. The molecular formula is C27H25N3O3S. The van der Waals surface area contributed by atoms with E-state index >= 15 is 0 Å². The largest absolute Gasteiger partial charge is 0.497 e. The van der Waals surface area contributed by atoms with Crippen LogP contribution in [0.5, 0.6) is 5.75 Å². The van der Waals surface area contributed by atoms with Gasteiger partial charge in [-0.15, -0.1) is 0 Å². The molecule has 0 radical (unpaired) electrons. The molecule has 1 aliphatic heterocycles. The Balaban J connectivity index is 1.48. The normalized spacial score (nSPS) is 13.4. The first-order valence-electron chi connectivity index (χ1n) is 11.3. The molecule has 2 amide bonds. The number of likely N-dealkylation sites (tertiary alicyclic amines) is 1. The summed E-state index contributed by atoms with van der Waals surface area (Å²) in [5, 5.41) is 0.636. The lowest BCUT2D eigenvalue weighted by Gasteiger charge is -2.21. The third-order valence-corrected chi connectivity index (χ3v) is 7.00. The summed E-state index contributed by atoms with van der Waals surface area (Å²) in [4.78, 5) is 34.2. The lowest BCUT2D eigenvalue weighted by atomic mass is 10.1. The van der Waals surface area contributed by atoms with Crippen LogP contribution in [0.15, 0.2) is 72.8 Å². The maximum Gasteiger partial charge on any atom is 0.260 e. The topological polar surface area (TPSA) is 62.7 Å². The third kappa shape index (κ3) is 4.65. The van der Waals surface area contributed by atoms with Crippen LogP contribution in [0.4, 0.5) is 5.13 Å². The third-order valence-electron chi connectivity index (χ3n) is 5.96. The maximum absolute atomic E-state index is 13.8. The maximum atomic E-state index is 13.8. The van der Waals surface area contributed by atoms with Crippen LogP contribution >= 0.6 is 11.3 Å². The highest BCUT2D eigenvalue weighted by molar-refractivity contribution is 7.22. The van der Waals surface area contributed by atoms with Crippen molar-refractivity contribution < 1.29 is 14.3 Å². The first kappa shape index (κ1) is 22.1. The summed E-state index contributed by atoms with van der Waals surface area (Å²) in [6.07, 6.45) is 1.50. The lowest BCUT2D eigenvalue weighted by Crippen LogP contribution is -2.30. The van der Waals surface area contributed by atoms with Crippen LogP contribution in [0.3, 0.4) is 0 Å². The number of hydrogen-bond acceptors (Lipinski definition) is 5. The van der Waals surface area contributed by atoms with Crippen LogP contribution in [-0.2, 0) is 17.9 Å². The van der Waals surface area contributed by atoms with Crippen molar-refractivity contribution in [1.29, 1.82) is 0 Å². The molecule has 0 aliphatic carbocycles. The van der Waals surface area contributed by atoms with Crippen molar-refractivity contribution in [2.45, 2.75) is 25.9 Å². The number of benzene rings is 3. The molecule has 0 atom stereocenters. The van der Waals surface area contributed by atoms with Gasteiger partial charge < -0.3 is 9.64 Å². The van der Waals surface area contributed by atoms with E-state index in [-0.39, 0.29) is 11.8 Å². The predicted molar refractivity (Wildman–Crippen MR) is 134 cm³/mol. The van der Waals surface area contributed by atoms with E-state index in [0.717, 1.165) is 40.1 Å². The molecule has 5 rings (SSSR count).